The van der Waals surface area contributed by atoms with E-state index >= 15 is 0 Å². The van der Waals surface area contributed by atoms with Gasteiger partial charge in [0, 0.05) is 5.39 Å². The molecule has 1 N–H and O–H groups in total. The van der Waals surface area contributed by atoms with Gasteiger partial charge in [-0.25, -0.2) is 0 Å². The number of fused-ring (bicyclic) bond motifs is 1. The van der Waals surface area contributed by atoms with E-state index in [-0.39, 0.29) is 0 Å². The molecule has 3 nitrogen and oxygen atoms in total. The van der Waals surface area contributed by atoms with E-state index in [4.69, 9.17) is 0 Å². The van der Waals surface area contributed by atoms with E-state index < -0.39 is 0 Å². The van der Waals surface area contributed by atoms with Gasteiger partial charge in [0.2, 0.25) is 0 Å². The van der Waals surface area contributed by atoms with Crippen molar-refractivity contribution >= 4 is 26.8 Å². The Morgan fingerprint density at radius 3 is 2.88 bits per heavy atom. The fraction of sp³-hybridized carbons (Fsp3) is 0.462. The topological polar surface area (TPSA) is 29.9 Å². The first-order chi connectivity index (χ1) is 8.27. The van der Waals surface area contributed by atoms with Crippen LogP contribution in [-0.2, 0) is 0 Å². The molecular weight excluding hydrogens is 278 g/mol. The minimum atomic E-state index is 0.534. The normalized spacial score (nSPS) is 17.8. The summed E-state index contributed by atoms with van der Waals surface area (Å²) in [4.78, 5) is 0. The number of piperidine rings is 1. The van der Waals surface area contributed by atoms with Gasteiger partial charge in [-0.2, -0.15) is 5.10 Å². The molecule has 0 saturated carbocycles. The molecule has 0 amide bonds. The molecule has 1 aliphatic rings. The third-order valence-electron chi connectivity index (χ3n) is 3.55. The Balaban J connectivity index is 2.13. The van der Waals surface area contributed by atoms with Gasteiger partial charge < -0.3 is 5.32 Å². The van der Waals surface area contributed by atoms with E-state index in [0.717, 1.165) is 30.5 Å². The van der Waals surface area contributed by atoms with Gasteiger partial charge in [-0.3, -0.25) is 4.68 Å². The van der Waals surface area contributed by atoms with Crippen LogP contribution in [0.2, 0.25) is 0 Å². The minimum absolute atomic E-state index is 0.534. The first-order valence-corrected chi connectivity index (χ1v) is 6.91. The summed E-state index contributed by atoms with van der Waals surface area (Å²) >= 11 is 3.59. The maximum absolute atomic E-state index is 4.68. The number of hydrogen-bond acceptors (Lipinski definition) is 2. The quantitative estimate of drug-likeness (QED) is 0.876. The maximum Gasteiger partial charge on any atom is 0.136 e. The summed E-state index contributed by atoms with van der Waals surface area (Å²) in [6.07, 6.45) is 2.33. The molecule has 1 aromatic carbocycles. The molecule has 0 unspecified atom stereocenters. The van der Waals surface area contributed by atoms with Crippen LogP contribution in [0.4, 0.5) is 0 Å². The maximum atomic E-state index is 4.68. The smallest absolute Gasteiger partial charge is 0.136 e. The van der Waals surface area contributed by atoms with Crippen LogP contribution in [0, 0.1) is 6.92 Å². The molecule has 4 heteroatoms. The number of rotatable bonds is 1. The number of aromatic nitrogens is 2. The number of halogens is 1. The third kappa shape index (κ3) is 1.89. The molecule has 1 aliphatic heterocycles. The monoisotopic (exact) mass is 293 g/mol. The summed E-state index contributed by atoms with van der Waals surface area (Å²) in [5, 5.41) is 9.33. The highest BCUT2D eigenvalue weighted by Gasteiger charge is 2.19. The number of nitrogens with one attached hydrogen (secondary N) is 1. The standard InChI is InChI=1S/C13H16BrN3/c1-9-3-2-4-11-12(9)13(14)16-17(11)10-5-7-15-8-6-10/h2-4,10,15H,5-8H2,1H3. The highest BCUT2D eigenvalue weighted by molar-refractivity contribution is 9.10. The Hall–Kier alpha value is -0.870. The van der Waals surface area contributed by atoms with E-state index in [2.05, 4.69) is 56.2 Å². The molecule has 1 saturated heterocycles. The van der Waals surface area contributed by atoms with Gasteiger partial charge >= 0.3 is 0 Å². The van der Waals surface area contributed by atoms with Crippen molar-refractivity contribution in [1.82, 2.24) is 15.1 Å². The SMILES string of the molecule is Cc1cccc2c1c(Br)nn2C1CCNCC1. The Labute approximate surface area is 109 Å². The zero-order valence-electron chi connectivity index (χ0n) is 9.91. The van der Waals surface area contributed by atoms with Gasteiger partial charge in [-0.05, 0) is 60.4 Å². The number of nitrogens with zero attached hydrogens (tertiary/aromatic N) is 2. The van der Waals surface area contributed by atoms with E-state index in [9.17, 15) is 0 Å². The molecule has 0 atom stereocenters. The van der Waals surface area contributed by atoms with Crippen molar-refractivity contribution < 1.29 is 0 Å². The molecule has 17 heavy (non-hydrogen) atoms. The molecule has 0 aliphatic carbocycles. The number of benzene rings is 1. The van der Waals surface area contributed by atoms with Crippen LogP contribution >= 0.6 is 15.9 Å². The van der Waals surface area contributed by atoms with Crippen LogP contribution < -0.4 is 5.32 Å². The van der Waals surface area contributed by atoms with Gasteiger partial charge in [0.1, 0.15) is 4.60 Å². The van der Waals surface area contributed by atoms with Crippen LogP contribution in [0.1, 0.15) is 24.4 Å². The molecular formula is C13H16BrN3. The summed E-state index contributed by atoms with van der Waals surface area (Å²) in [6.45, 7) is 4.33. The third-order valence-corrected chi connectivity index (χ3v) is 4.11. The van der Waals surface area contributed by atoms with Crippen molar-refractivity contribution in [2.24, 2.45) is 0 Å². The summed E-state index contributed by atoms with van der Waals surface area (Å²) in [6, 6.07) is 6.96. The lowest BCUT2D eigenvalue weighted by molar-refractivity contribution is 0.350. The molecule has 2 aromatic rings. The van der Waals surface area contributed by atoms with Crippen LogP contribution in [0.15, 0.2) is 22.8 Å². The van der Waals surface area contributed by atoms with Gasteiger partial charge in [-0.15, -0.1) is 0 Å². The molecule has 2 heterocycles. The van der Waals surface area contributed by atoms with E-state index in [1.165, 1.54) is 16.5 Å². The predicted molar refractivity (Wildman–Crippen MR) is 73.3 cm³/mol. The molecule has 1 fully saturated rings. The van der Waals surface area contributed by atoms with Crippen molar-refractivity contribution in [3.05, 3.63) is 28.4 Å². The second kappa shape index (κ2) is 4.42. The van der Waals surface area contributed by atoms with Gasteiger partial charge in [0.25, 0.3) is 0 Å². The van der Waals surface area contributed by atoms with Crippen LogP contribution in [0.25, 0.3) is 10.9 Å². The molecule has 3 rings (SSSR count). The van der Waals surface area contributed by atoms with Gasteiger partial charge in [0.15, 0.2) is 0 Å². The first kappa shape index (κ1) is 11.2. The minimum Gasteiger partial charge on any atom is -0.317 e. The Kier molecular flexibility index (Phi) is 2.92. The summed E-state index contributed by atoms with van der Waals surface area (Å²) in [7, 11) is 0. The summed E-state index contributed by atoms with van der Waals surface area (Å²) in [5.41, 5.74) is 2.54. The second-order valence-electron chi connectivity index (χ2n) is 4.69. The molecule has 0 bridgehead atoms. The van der Waals surface area contributed by atoms with Crippen molar-refractivity contribution in [3.8, 4) is 0 Å². The molecule has 0 spiro atoms. The Morgan fingerprint density at radius 1 is 1.35 bits per heavy atom. The lowest BCUT2D eigenvalue weighted by atomic mass is 10.1. The van der Waals surface area contributed by atoms with Crippen molar-refractivity contribution in [2.75, 3.05) is 13.1 Å². The molecule has 90 valence electrons. The average molecular weight is 294 g/mol. The molecule has 1 aromatic heterocycles. The molecule has 0 radical (unpaired) electrons. The Bertz CT molecular complexity index is 541. The van der Waals surface area contributed by atoms with Crippen LogP contribution in [0.3, 0.4) is 0 Å². The largest absolute Gasteiger partial charge is 0.317 e. The second-order valence-corrected chi connectivity index (χ2v) is 5.44. The number of aryl methyl sites for hydroxylation is 1. The van der Waals surface area contributed by atoms with Crippen molar-refractivity contribution in [3.63, 3.8) is 0 Å². The predicted octanol–water partition coefficient (Wildman–Crippen LogP) is 3.03. The van der Waals surface area contributed by atoms with Crippen molar-refractivity contribution in [1.29, 1.82) is 0 Å². The first-order valence-electron chi connectivity index (χ1n) is 6.11. The Morgan fingerprint density at radius 2 is 2.12 bits per heavy atom. The fourth-order valence-electron chi connectivity index (χ4n) is 2.64. The van der Waals surface area contributed by atoms with Gasteiger partial charge in [-0.1, -0.05) is 12.1 Å². The fourth-order valence-corrected chi connectivity index (χ4v) is 3.33. The zero-order valence-corrected chi connectivity index (χ0v) is 11.5. The summed E-state index contributed by atoms with van der Waals surface area (Å²) < 4.78 is 3.18. The van der Waals surface area contributed by atoms with E-state index in [1.54, 1.807) is 0 Å². The summed E-state index contributed by atoms with van der Waals surface area (Å²) in [5.74, 6) is 0. The highest BCUT2D eigenvalue weighted by Crippen LogP contribution is 2.30. The highest BCUT2D eigenvalue weighted by atomic mass is 79.9. The van der Waals surface area contributed by atoms with Crippen LogP contribution in [0.5, 0.6) is 0 Å². The van der Waals surface area contributed by atoms with Crippen LogP contribution in [-0.4, -0.2) is 22.9 Å². The van der Waals surface area contributed by atoms with E-state index in [1.807, 2.05) is 0 Å². The average Bonchev–Trinajstić information content (AvgIpc) is 2.69. The van der Waals surface area contributed by atoms with Gasteiger partial charge in [0.05, 0.1) is 11.6 Å². The van der Waals surface area contributed by atoms with E-state index in [0.29, 0.717) is 6.04 Å². The van der Waals surface area contributed by atoms with Crippen molar-refractivity contribution in [2.45, 2.75) is 25.8 Å². The zero-order chi connectivity index (χ0) is 11.8. The number of hydrogen-bond donors (Lipinski definition) is 1. The lowest BCUT2D eigenvalue weighted by Gasteiger charge is -2.23. The lowest BCUT2D eigenvalue weighted by Crippen LogP contribution is -2.29.